The number of amides is 2. The molecule has 1 saturated carbocycles. The number of nitrogens with zero attached hydrogens (tertiary/aromatic N) is 2. The quantitative estimate of drug-likeness (QED) is 0.247. The van der Waals surface area contributed by atoms with E-state index in [-0.39, 0.29) is 24.9 Å². The first-order chi connectivity index (χ1) is 19.9. The number of benzene rings is 3. The van der Waals surface area contributed by atoms with Gasteiger partial charge in [0.2, 0.25) is 21.8 Å². The number of halogens is 3. The molecule has 0 aromatic heterocycles. The smallest absolute Gasteiger partial charge is 0.244 e. The predicted octanol–water partition coefficient (Wildman–Crippen LogP) is 6.53. The van der Waals surface area contributed by atoms with Crippen LogP contribution in [-0.2, 0) is 32.6 Å². The van der Waals surface area contributed by atoms with E-state index in [0.29, 0.717) is 21.3 Å². The lowest BCUT2D eigenvalue weighted by Crippen LogP contribution is -2.54. The van der Waals surface area contributed by atoms with Crippen molar-refractivity contribution >= 4 is 66.7 Å². The molecule has 1 aliphatic rings. The van der Waals surface area contributed by atoms with Crippen molar-refractivity contribution in [3.8, 4) is 0 Å². The summed E-state index contributed by atoms with van der Waals surface area (Å²) in [5, 5.41) is 3.93. The third kappa shape index (κ3) is 8.49. The summed E-state index contributed by atoms with van der Waals surface area (Å²) < 4.78 is 27.9. The molecule has 0 unspecified atom stereocenters. The molecular weight excluding hydrogens is 661 g/mol. The summed E-state index contributed by atoms with van der Waals surface area (Å²) in [6, 6.07) is 18.6. The van der Waals surface area contributed by atoms with Crippen molar-refractivity contribution < 1.29 is 18.0 Å². The minimum atomic E-state index is -3.86. The molecule has 224 valence electrons. The topological polar surface area (TPSA) is 86.8 Å². The molecule has 0 bridgehead atoms. The molecule has 4 rings (SSSR count). The van der Waals surface area contributed by atoms with E-state index in [9.17, 15) is 18.0 Å². The Labute approximate surface area is 266 Å². The van der Waals surface area contributed by atoms with E-state index in [0.717, 1.165) is 51.8 Å². The summed E-state index contributed by atoms with van der Waals surface area (Å²) in [4.78, 5) is 29.6. The lowest BCUT2D eigenvalue weighted by atomic mass is 10.0. The number of aryl methyl sites for hydroxylation is 1. The number of rotatable bonds is 11. The second kappa shape index (κ2) is 14.3. The molecule has 11 heteroatoms. The van der Waals surface area contributed by atoms with Gasteiger partial charge in [-0.25, -0.2) is 8.42 Å². The van der Waals surface area contributed by atoms with Crippen LogP contribution in [0.2, 0.25) is 10.0 Å². The van der Waals surface area contributed by atoms with Gasteiger partial charge in [0.05, 0.1) is 11.9 Å². The molecular formula is C31H34BrCl2N3O4S. The monoisotopic (exact) mass is 693 g/mol. The van der Waals surface area contributed by atoms with Crippen LogP contribution < -0.4 is 9.62 Å². The fraction of sp³-hybridized carbons (Fsp3) is 0.355. The lowest BCUT2D eigenvalue weighted by Gasteiger charge is -2.34. The molecule has 3 aromatic rings. The van der Waals surface area contributed by atoms with Gasteiger partial charge < -0.3 is 10.2 Å². The molecule has 0 saturated heterocycles. The average molecular weight is 696 g/mol. The van der Waals surface area contributed by atoms with Gasteiger partial charge in [-0.1, -0.05) is 88.4 Å². The van der Waals surface area contributed by atoms with Gasteiger partial charge in [0.1, 0.15) is 12.6 Å². The fourth-order valence-corrected chi connectivity index (χ4v) is 6.71. The number of sulfonamides is 1. The Bertz CT molecular complexity index is 1530. The SMILES string of the molecule is Cc1cc(N(CC(=O)N(Cc2ccc(Cl)cc2Cl)[C@@H](Cc2ccccc2)C(=O)NC2CCCC2)S(C)(=O)=O)ccc1Br. The zero-order valence-corrected chi connectivity index (χ0v) is 27.4. The van der Waals surface area contributed by atoms with E-state index >= 15 is 0 Å². The van der Waals surface area contributed by atoms with Crippen LogP contribution in [0.3, 0.4) is 0 Å². The predicted molar refractivity (Wildman–Crippen MR) is 172 cm³/mol. The van der Waals surface area contributed by atoms with E-state index in [2.05, 4.69) is 21.2 Å². The average Bonchev–Trinajstić information content (AvgIpc) is 3.45. The zero-order chi connectivity index (χ0) is 30.4. The Balaban J connectivity index is 1.75. The summed E-state index contributed by atoms with van der Waals surface area (Å²) in [5.41, 5.74) is 2.63. The molecule has 0 spiro atoms. The van der Waals surface area contributed by atoms with Crippen LogP contribution in [0.25, 0.3) is 0 Å². The van der Waals surface area contributed by atoms with Gasteiger partial charge in [-0.3, -0.25) is 13.9 Å². The Kier molecular flexibility index (Phi) is 11.0. The molecule has 42 heavy (non-hydrogen) atoms. The van der Waals surface area contributed by atoms with Crippen LogP contribution in [0, 0.1) is 6.92 Å². The molecule has 1 aliphatic carbocycles. The highest BCUT2D eigenvalue weighted by Crippen LogP contribution is 2.27. The molecule has 7 nitrogen and oxygen atoms in total. The molecule has 3 aromatic carbocycles. The maximum Gasteiger partial charge on any atom is 0.244 e. The van der Waals surface area contributed by atoms with Crippen LogP contribution in [-0.4, -0.2) is 50.0 Å². The van der Waals surface area contributed by atoms with Crippen LogP contribution in [0.5, 0.6) is 0 Å². The molecule has 1 fully saturated rings. The third-order valence-electron chi connectivity index (χ3n) is 7.44. The highest BCUT2D eigenvalue weighted by molar-refractivity contribution is 9.10. The number of hydrogen-bond donors (Lipinski definition) is 1. The minimum absolute atomic E-state index is 0.0125. The van der Waals surface area contributed by atoms with Gasteiger partial charge >= 0.3 is 0 Å². The standard InChI is InChI=1S/C31H34BrCl2N3O4S/c1-21-16-26(14-15-27(21)32)37(42(2,40)41)20-30(38)36(19-23-12-13-24(33)18-28(23)34)29(17-22-8-4-3-5-9-22)31(39)35-25-10-6-7-11-25/h3-5,8-9,12-16,18,25,29H,6-7,10-11,17,19-20H2,1-2H3,(H,35,39)/t29-/m0/s1. The van der Waals surface area contributed by atoms with Crippen molar-refractivity contribution in [2.75, 3.05) is 17.1 Å². The Morgan fingerprint density at radius 1 is 1.02 bits per heavy atom. The third-order valence-corrected chi connectivity index (χ3v) is 10.1. The first kappa shape index (κ1) is 32.3. The van der Waals surface area contributed by atoms with Gasteiger partial charge in [0, 0.05) is 33.5 Å². The Hall–Kier alpha value is -2.59. The number of carbonyl (C=O) groups excluding carboxylic acids is 2. The number of hydrogen-bond acceptors (Lipinski definition) is 4. The van der Waals surface area contributed by atoms with Crippen molar-refractivity contribution in [1.29, 1.82) is 0 Å². The molecule has 1 atom stereocenters. The second-order valence-electron chi connectivity index (χ2n) is 10.7. The van der Waals surface area contributed by atoms with Gasteiger partial charge in [0.15, 0.2) is 0 Å². The Morgan fingerprint density at radius 2 is 1.71 bits per heavy atom. The van der Waals surface area contributed by atoms with Crippen molar-refractivity contribution in [1.82, 2.24) is 10.2 Å². The summed E-state index contributed by atoms with van der Waals surface area (Å²) in [6.07, 6.45) is 5.14. The normalized spacial score (nSPS) is 14.4. The van der Waals surface area contributed by atoms with Crippen LogP contribution in [0.4, 0.5) is 5.69 Å². The highest BCUT2D eigenvalue weighted by Gasteiger charge is 2.34. The molecule has 0 radical (unpaired) electrons. The largest absolute Gasteiger partial charge is 0.352 e. The van der Waals surface area contributed by atoms with Crippen molar-refractivity contribution in [2.24, 2.45) is 0 Å². The first-order valence-corrected chi connectivity index (χ1v) is 17.1. The second-order valence-corrected chi connectivity index (χ2v) is 14.3. The summed E-state index contributed by atoms with van der Waals surface area (Å²) >= 11 is 16.1. The maximum atomic E-state index is 14.2. The van der Waals surface area contributed by atoms with Crippen LogP contribution in [0.15, 0.2) is 71.2 Å². The lowest BCUT2D eigenvalue weighted by molar-refractivity contribution is -0.140. The van der Waals surface area contributed by atoms with Crippen molar-refractivity contribution in [3.63, 3.8) is 0 Å². The molecule has 0 aliphatic heterocycles. The molecule has 2 amide bonds. The summed E-state index contributed by atoms with van der Waals surface area (Å²) in [6.45, 7) is 1.34. The number of anilines is 1. The number of nitrogens with one attached hydrogen (secondary N) is 1. The summed E-state index contributed by atoms with van der Waals surface area (Å²) in [5.74, 6) is -0.816. The van der Waals surface area contributed by atoms with Crippen LogP contribution in [0.1, 0.15) is 42.4 Å². The van der Waals surface area contributed by atoms with Gasteiger partial charge in [-0.2, -0.15) is 0 Å². The van der Waals surface area contributed by atoms with E-state index in [4.69, 9.17) is 23.2 Å². The summed E-state index contributed by atoms with van der Waals surface area (Å²) in [7, 11) is -3.86. The molecule has 1 N–H and O–H groups in total. The van der Waals surface area contributed by atoms with Gasteiger partial charge in [-0.15, -0.1) is 0 Å². The van der Waals surface area contributed by atoms with Gasteiger partial charge in [-0.05, 0) is 66.8 Å². The van der Waals surface area contributed by atoms with Gasteiger partial charge in [0.25, 0.3) is 0 Å². The van der Waals surface area contributed by atoms with E-state index in [1.54, 1.807) is 36.4 Å². The molecule has 0 heterocycles. The maximum absolute atomic E-state index is 14.2. The zero-order valence-electron chi connectivity index (χ0n) is 23.5. The first-order valence-electron chi connectivity index (χ1n) is 13.7. The van der Waals surface area contributed by atoms with E-state index in [1.165, 1.54) is 4.90 Å². The fourth-order valence-electron chi connectivity index (χ4n) is 5.15. The van der Waals surface area contributed by atoms with Crippen LogP contribution >= 0.6 is 39.1 Å². The Morgan fingerprint density at radius 3 is 2.33 bits per heavy atom. The van der Waals surface area contributed by atoms with E-state index in [1.807, 2.05) is 37.3 Å². The van der Waals surface area contributed by atoms with Crippen molar-refractivity contribution in [3.05, 3.63) is 97.9 Å². The van der Waals surface area contributed by atoms with Crippen molar-refractivity contribution in [2.45, 2.75) is 57.7 Å². The number of carbonyl (C=O) groups is 2. The highest BCUT2D eigenvalue weighted by atomic mass is 79.9. The minimum Gasteiger partial charge on any atom is -0.352 e. The van der Waals surface area contributed by atoms with E-state index < -0.39 is 28.5 Å².